The summed E-state index contributed by atoms with van der Waals surface area (Å²) in [6.45, 7) is 3.30. The Morgan fingerprint density at radius 2 is 1.81 bits per heavy atom. The highest BCUT2D eigenvalue weighted by Gasteiger charge is 2.45. The largest absolute Gasteiger partial charge is 0.399 e. The predicted octanol–water partition coefficient (Wildman–Crippen LogP) is 3.84. The Bertz CT molecular complexity index is 811. The molecular formula is C21H26N4OS. The van der Waals surface area contributed by atoms with Crippen LogP contribution in [0.4, 0.5) is 11.5 Å². The van der Waals surface area contributed by atoms with Crippen molar-refractivity contribution in [3.8, 4) is 11.4 Å². The zero-order valence-corrected chi connectivity index (χ0v) is 16.4. The van der Waals surface area contributed by atoms with Crippen molar-refractivity contribution < 1.29 is 4.74 Å². The highest BCUT2D eigenvalue weighted by atomic mass is 32.2. The molecule has 6 heteroatoms. The lowest BCUT2D eigenvalue weighted by atomic mass is 9.81. The average molecular weight is 383 g/mol. The van der Waals surface area contributed by atoms with Gasteiger partial charge in [0.05, 0.1) is 23.7 Å². The lowest BCUT2D eigenvalue weighted by molar-refractivity contribution is 0.122. The minimum atomic E-state index is 0.188. The maximum Gasteiger partial charge on any atom is 0.161 e. The van der Waals surface area contributed by atoms with E-state index in [1.165, 1.54) is 37.8 Å². The van der Waals surface area contributed by atoms with Gasteiger partial charge in [-0.25, -0.2) is 9.97 Å². The van der Waals surface area contributed by atoms with Gasteiger partial charge in [0.2, 0.25) is 0 Å². The van der Waals surface area contributed by atoms with E-state index in [9.17, 15) is 0 Å². The fourth-order valence-electron chi connectivity index (χ4n) is 3.82. The van der Waals surface area contributed by atoms with Crippen LogP contribution in [0.15, 0.2) is 30.3 Å². The van der Waals surface area contributed by atoms with E-state index < -0.39 is 0 Å². The second-order valence-electron chi connectivity index (χ2n) is 7.82. The van der Waals surface area contributed by atoms with Crippen LogP contribution in [0.3, 0.4) is 0 Å². The molecule has 5 rings (SSSR count). The Kier molecular flexibility index (Phi) is 4.48. The summed E-state index contributed by atoms with van der Waals surface area (Å²) in [5.74, 6) is 1.86. The summed E-state index contributed by atoms with van der Waals surface area (Å²) in [5, 5.41) is 0.826. The van der Waals surface area contributed by atoms with Crippen LogP contribution < -0.4 is 10.6 Å². The molecule has 1 aromatic carbocycles. The van der Waals surface area contributed by atoms with E-state index in [1.807, 2.05) is 24.3 Å². The molecule has 2 aliphatic carbocycles. The number of hydrogen-bond donors (Lipinski definition) is 1. The number of morpholine rings is 1. The topological polar surface area (TPSA) is 64.3 Å². The van der Waals surface area contributed by atoms with Crippen molar-refractivity contribution >= 4 is 23.3 Å². The summed E-state index contributed by atoms with van der Waals surface area (Å²) >= 11 is 2.16. The Balaban J connectivity index is 1.56. The van der Waals surface area contributed by atoms with E-state index in [2.05, 4.69) is 22.7 Å². The molecule has 142 valence electrons. The summed E-state index contributed by atoms with van der Waals surface area (Å²) in [6, 6.07) is 10.2. The highest BCUT2D eigenvalue weighted by Crippen LogP contribution is 2.57. The number of aromatic nitrogens is 2. The van der Waals surface area contributed by atoms with Gasteiger partial charge < -0.3 is 15.4 Å². The van der Waals surface area contributed by atoms with Crippen molar-refractivity contribution in [3.05, 3.63) is 36.0 Å². The molecule has 0 atom stereocenters. The second-order valence-corrected chi connectivity index (χ2v) is 9.51. The minimum Gasteiger partial charge on any atom is -0.399 e. The number of anilines is 2. The fourth-order valence-corrected chi connectivity index (χ4v) is 5.58. The molecule has 3 aliphatic rings. The predicted molar refractivity (Wildman–Crippen MR) is 111 cm³/mol. The number of benzene rings is 1. The first-order valence-electron chi connectivity index (χ1n) is 9.98. The average Bonchev–Trinajstić information content (AvgIpc) is 3.50. The summed E-state index contributed by atoms with van der Waals surface area (Å²) in [7, 11) is 0. The molecule has 1 aromatic heterocycles. The maximum absolute atomic E-state index is 5.88. The number of hydrogen-bond acceptors (Lipinski definition) is 6. The van der Waals surface area contributed by atoms with Gasteiger partial charge in [-0.1, -0.05) is 0 Å². The van der Waals surface area contributed by atoms with Gasteiger partial charge in [-0.3, -0.25) is 0 Å². The van der Waals surface area contributed by atoms with Crippen molar-refractivity contribution in [2.75, 3.05) is 36.9 Å². The van der Waals surface area contributed by atoms with E-state index in [0.717, 1.165) is 54.4 Å². The van der Waals surface area contributed by atoms with Crippen molar-refractivity contribution in [1.82, 2.24) is 9.97 Å². The molecule has 0 spiro atoms. The van der Waals surface area contributed by atoms with Gasteiger partial charge in [-0.2, -0.15) is 0 Å². The summed E-state index contributed by atoms with van der Waals surface area (Å²) in [6.07, 6.45) is 6.48. The smallest absolute Gasteiger partial charge is 0.161 e. The van der Waals surface area contributed by atoms with Crippen molar-refractivity contribution in [3.63, 3.8) is 0 Å². The van der Waals surface area contributed by atoms with Crippen LogP contribution in [-0.4, -0.2) is 41.5 Å². The van der Waals surface area contributed by atoms with Crippen LogP contribution in [0.25, 0.3) is 11.4 Å². The number of nitrogen functional groups attached to an aromatic ring is 1. The third-order valence-electron chi connectivity index (χ3n) is 5.76. The molecule has 5 nitrogen and oxygen atoms in total. The monoisotopic (exact) mass is 382 g/mol. The highest BCUT2D eigenvalue weighted by molar-refractivity contribution is 8.01. The standard InChI is InChI=1S/C21H26N4OS/c22-16-4-2-15(3-5-16)20-23-18(21(8-1-9-21)27-17-6-7-17)14-19(24-20)25-10-12-26-13-11-25/h2-5,14,17H,1,6-13,22H2. The van der Waals surface area contributed by atoms with Crippen LogP contribution in [0.5, 0.6) is 0 Å². The molecule has 2 N–H and O–H groups in total. The molecule has 1 saturated heterocycles. The molecule has 0 bridgehead atoms. The summed E-state index contributed by atoms with van der Waals surface area (Å²) < 4.78 is 5.73. The van der Waals surface area contributed by atoms with Gasteiger partial charge in [0.1, 0.15) is 5.82 Å². The van der Waals surface area contributed by atoms with E-state index in [0.29, 0.717) is 0 Å². The van der Waals surface area contributed by atoms with Crippen LogP contribution in [0, 0.1) is 0 Å². The number of thioether (sulfide) groups is 1. The van der Waals surface area contributed by atoms with E-state index in [-0.39, 0.29) is 4.75 Å². The van der Waals surface area contributed by atoms with Crippen LogP contribution >= 0.6 is 11.8 Å². The quantitative estimate of drug-likeness (QED) is 0.793. The van der Waals surface area contributed by atoms with Crippen LogP contribution in [-0.2, 0) is 9.48 Å². The number of ether oxygens (including phenoxy) is 1. The van der Waals surface area contributed by atoms with E-state index in [4.69, 9.17) is 20.4 Å². The normalized spacial score (nSPS) is 21.7. The summed E-state index contributed by atoms with van der Waals surface area (Å²) in [5.41, 5.74) is 8.89. The summed E-state index contributed by atoms with van der Waals surface area (Å²) in [4.78, 5) is 12.3. The molecular weight excluding hydrogens is 356 g/mol. The van der Waals surface area contributed by atoms with E-state index in [1.54, 1.807) is 0 Å². The number of nitrogens with zero attached hydrogens (tertiary/aromatic N) is 3. The van der Waals surface area contributed by atoms with Crippen molar-refractivity contribution in [1.29, 1.82) is 0 Å². The van der Waals surface area contributed by atoms with Gasteiger partial charge in [0.25, 0.3) is 0 Å². The molecule has 0 unspecified atom stereocenters. The molecule has 2 heterocycles. The van der Waals surface area contributed by atoms with Crippen molar-refractivity contribution in [2.45, 2.75) is 42.1 Å². The Morgan fingerprint density at radius 1 is 1.07 bits per heavy atom. The molecule has 3 fully saturated rings. The first kappa shape index (κ1) is 17.3. The molecule has 0 amide bonds. The Labute approximate surface area is 164 Å². The molecule has 1 aliphatic heterocycles. The SMILES string of the molecule is Nc1ccc(-c2nc(N3CCOCC3)cc(C3(SC4CC4)CCC3)n2)cc1. The van der Waals surface area contributed by atoms with E-state index >= 15 is 0 Å². The second kappa shape index (κ2) is 6.99. The molecule has 0 radical (unpaired) electrons. The van der Waals surface area contributed by atoms with Gasteiger partial charge in [0, 0.05) is 35.7 Å². The fraction of sp³-hybridized carbons (Fsp3) is 0.524. The first-order valence-corrected chi connectivity index (χ1v) is 10.9. The number of rotatable bonds is 5. The molecule has 2 aromatic rings. The number of nitrogens with two attached hydrogens (primary N) is 1. The van der Waals surface area contributed by atoms with Crippen molar-refractivity contribution in [2.24, 2.45) is 0 Å². The molecule has 2 saturated carbocycles. The zero-order chi connectivity index (χ0) is 18.3. The van der Waals surface area contributed by atoms with Gasteiger partial charge in [-0.15, -0.1) is 11.8 Å². The van der Waals surface area contributed by atoms with Gasteiger partial charge in [-0.05, 0) is 56.4 Å². The third-order valence-corrected chi connectivity index (χ3v) is 7.63. The zero-order valence-electron chi connectivity index (χ0n) is 15.6. The maximum atomic E-state index is 5.88. The Hall–Kier alpha value is -1.79. The van der Waals surface area contributed by atoms with Gasteiger partial charge >= 0.3 is 0 Å². The third kappa shape index (κ3) is 3.52. The lowest BCUT2D eigenvalue weighted by Crippen LogP contribution is -2.38. The molecule has 27 heavy (non-hydrogen) atoms. The minimum absolute atomic E-state index is 0.188. The first-order chi connectivity index (χ1) is 13.2. The van der Waals surface area contributed by atoms with Crippen LogP contribution in [0.2, 0.25) is 0 Å². The Morgan fingerprint density at radius 3 is 2.44 bits per heavy atom. The lowest BCUT2D eigenvalue weighted by Gasteiger charge is -2.41. The van der Waals surface area contributed by atoms with Gasteiger partial charge in [0.15, 0.2) is 5.82 Å². The van der Waals surface area contributed by atoms with Crippen LogP contribution in [0.1, 0.15) is 37.8 Å².